The summed E-state index contributed by atoms with van der Waals surface area (Å²) in [7, 11) is 0. The van der Waals surface area contributed by atoms with Gasteiger partial charge in [-0.2, -0.15) is 0 Å². The van der Waals surface area contributed by atoms with Crippen molar-refractivity contribution in [2.24, 2.45) is 0 Å². The molecule has 0 aliphatic rings. The number of thiophene rings is 4. The van der Waals surface area contributed by atoms with E-state index in [-0.39, 0.29) is 0 Å². The third-order valence-corrected chi connectivity index (χ3v) is 24.3. The monoisotopic (exact) mass is 1650 g/mol. The Kier molecular flexibility index (Phi) is 23.5. The summed E-state index contributed by atoms with van der Waals surface area (Å²) in [5.41, 5.74) is 16.7. The van der Waals surface area contributed by atoms with Crippen molar-refractivity contribution in [2.45, 2.75) is 27.7 Å². The number of fused-ring (bicyclic) bond motifs is 11. The van der Waals surface area contributed by atoms with Gasteiger partial charge in [-0.1, -0.05) is 120 Å². The van der Waals surface area contributed by atoms with Gasteiger partial charge in [0.15, 0.2) is 0 Å². The minimum atomic E-state index is 0.774. The number of pyridine rings is 8. The molecule has 21 aromatic rings. The maximum atomic E-state index is 4.35. The first-order valence-electron chi connectivity index (χ1n) is 39.7. The average molecular weight is 1650 g/mol. The van der Waals surface area contributed by atoms with Crippen LogP contribution in [0, 0.1) is 122 Å². The van der Waals surface area contributed by atoms with Crippen LogP contribution in [0.15, 0.2) is 329 Å². The summed E-state index contributed by atoms with van der Waals surface area (Å²) in [5, 5.41) is 14.4. The van der Waals surface area contributed by atoms with Crippen LogP contribution in [0.3, 0.4) is 0 Å². The first-order chi connectivity index (χ1) is 60.9. The molecule has 12 aromatic heterocycles. The Morgan fingerprint density at radius 3 is 0.718 bits per heavy atom. The van der Waals surface area contributed by atoms with E-state index in [9.17, 15) is 0 Å². The van der Waals surface area contributed by atoms with Crippen molar-refractivity contribution in [2.75, 3.05) is 0 Å². The first kappa shape index (κ1) is 78.9. The molecule has 0 spiro atoms. The van der Waals surface area contributed by atoms with E-state index in [1.54, 1.807) is 47.5 Å². The fourth-order valence-corrected chi connectivity index (χ4v) is 18.0. The molecule has 0 unspecified atom stereocenters. The predicted molar refractivity (Wildman–Crippen MR) is 516 cm³/mol. The maximum absolute atomic E-state index is 4.35. The Hall–Kier alpha value is -16.2. The summed E-state index contributed by atoms with van der Waals surface area (Å²) in [4.78, 5) is 36.6. The van der Waals surface area contributed by atoms with E-state index >= 15 is 0 Å². The molecule has 12 heteroatoms. The summed E-state index contributed by atoms with van der Waals surface area (Å²) >= 11 is 7.09. The highest BCUT2D eigenvalue weighted by Crippen LogP contribution is 2.45. The van der Waals surface area contributed by atoms with E-state index in [0.29, 0.717) is 0 Å². The van der Waals surface area contributed by atoms with Crippen LogP contribution in [0.2, 0.25) is 0 Å². The predicted octanol–water partition coefficient (Wildman–Crippen LogP) is 25.0. The zero-order chi connectivity index (χ0) is 83.9. The van der Waals surface area contributed by atoms with E-state index in [2.05, 4.69) is 292 Å². The lowest BCUT2D eigenvalue weighted by Gasteiger charge is -2.04. The highest BCUT2D eigenvalue weighted by Gasteiger charge is 2.14. The molecule has 0 aliphatic heterocycles. The normalized spacial score (nSPS) is 10.4. The van der Waals surface area contributed by atoms with E-state index in [1.807, 2.05) is 196 Å². The van der Waals surface area contributed by atoms with Gasteiger partial charge in [0.2, 0.25) is 0 Å². The molecule has 0 atom stereocenters. The number of aryl methyl sites for hydroxylation is 4. The van der Waals surface area contributed by atoms with Crippen molar-refractivity contribution in [1.29, 1.82) is 0 Å². The fraction of sp³-hybridized carbons (Fsp3) is 0.0357. The fourth-order valence-electron chi connectivity index (χ4n) is 13.4. The largest absolute Gasteiger partial charge is 0.248 e. The van der Waals surface area contributed by atoms with Crippen molar-refractivity contribution >= 4 is 138 Å². The lowest BCUT2D eigenvalue weighted by molar-refractivity contribution is 1.24. The lowest BCUT2D eigenvalue weighted by atomic mass is 10.00. The molecule has 12 heterocycles. The highest BCUT2D eigenvalue weighted by atomic mass is 32.1. The molecule has 0 fully saturated rings. The van der Waals surface area contributed by atoms with Gasteiger partial charge in [-0.25, -0.2) is 39.9 Å². The smallest absolute Gasteiger partial charge is 0.113 e. The van der Waals surface area contributed by atoms with E-state index in [0.717, 1.165) is 111 Å². The van der Waals surface area contributed by atoms with Crippen molar-refractivity contribution in [3.63, 3.8) is 0 Å². The second-order valence-electron chi connectivity index (χ2n) is 29.1. The topological polar surface area (TPSA) is 103 Å². The van der Waals surface area contributed by atoms with Crippen molar-refractivity contribution < 1.29 is 0 Å². The van der Waals surface area contributed by atoms with Gasteiger partial charge in [-0.05, 0) is 357 Å². The van der Waals surface area contributed by atoms with E-state index in [4.69, 9.17) is 0 Å². The van der Waals surface area contributed by atoms with Gasteiger partial charge in [0.05, 0.1) is 19.2 Å². The summed E-state index contributed by atoms with van der Waals surface area (Å²) < 4.78 is 7.67. The summed E-state index contributed by atoms with van der Waals surface area (Å²) in [5.74, 6) is 51.0. The third kappa shape index (κ3) is 19.9. The molecule has 0 aliphatic carbocycles. The van der Waals surface area contributed by atoms with Gasteiger partial charge < -0.3 is 0 Å². The zero-order valence-electron chi connectivity index (χ0n) is 67.4. The number of benzene rings is 9. The molecule has 578 valence electrons. The molecule has 0 saturated carbocycles. The van der Waals surface area contributed by atoms with Crippen LogP contribution in [0.5, 0.6) is 0 Å². The van der Waals surface area contributed by atoms with Crippen LogP contribution in [-0.4, -0.2) is 39.9 Å². The molecule has 0 N–H and O–H groups in total. The van der Waals surface area contributed by atoms with Gasteiger partial charge in [-0.15, -0.1) is 45.3 Å². The summed E-state index contributed by atoms with van der Waals surface area (Å²) in [6.07, 6.45) is 14.4. The number of aromatic nitrogens is 8. The minimum Gasteiger partial charge on any atom is -0.248 e. The standard InChI is InChI=1S/C30H20N2.C28H14N2S2.C28H16N2.C26H16N2S2/c1-21-3-11-29(31-19-21)13-7-23-5-9-25-18-28-16-24(6-10-26(28)17-27(25)15-23)8-14-30-12-4-22(2)20-32-30;1-3-15-29-21(5-1)11-7-19-9-13-23-25(17-19)31-28-24-14-10-20(18-26(24)32-27(23)28)8-12-22-6-2-4-16-30-22;1-3-15-29-27(5-1)13-9-21-7-11-23-20-26-18-22(8-12-24(26)19-25(23)17-21)10-14-28-6-2-4-16-30-28;1-17-3-5-21(27-15-17)7-9-23-11-19-13-26-20(14-25(19)29-23)12-24(30-26)10-8-22-6-4-18(2)16-28-22/h3-6,9-12,15-20H,1-2H3;1-6,9-10,13-18H;1-8,11-12,15-20H;3-6,11-16H,1-2H3. The van der Waals surface area contributed by atoms with Crippen LogP contribution in [0.1, 0.15) is 111 Å². The second-order valence-corrected chi connectivity index (χ2v) is 33.4. The van der Waals surface area contributed by atoms with Gasteiger partial charge in [0, 0.05) is 113 Å². The Balaban J connectivity index is 0.000000113. The van der Waals surface area contributed by atoms with Crippen molar-refractivity contribution in [1.82, 2.24) is 39.9 Å². The van der Waals surface area contributed by atoms with Gasteiger partial charge in [0.25, 0.3) is 0 Å². The zero-order valence-corrected chi connectivity index (χ0v) is 70.7. The van der Waals surface area contributed by atoms with Gasteiger partial charge in [0.1, 0.15) is 45.6 Å². The summed E-state index contributed by atoms with van der Waals surface area (Å²) in [6.45, 7) is 8.10. The van der Waals surface area contributed by atoms with Crippen molar-refractivity contribution in [3.05, 3.63) is 440 Å². The maximum Gasteiger partial charge on any atom is 0.113 e. The number of hydrogen-bond acceptors (Lipinski definition) is 12. The molecule has 0 radical (unpaired) electrons. The molecule has 0 saturated heterocycles. The molecular weight excluding hydrogens is 1590 g/mol. The molecule has 8 nitrogen and oxygen atoms in total. The van der Waals surface area contributed by atoms with Crippen LogP contribution in [-0.2, 0) is 0 Å². The number of rotatable bonds is 0. The van der Waals surface area contributed by atoms with Gasteiger partial charge in [-0.3, -0.25) is 0 Å². The first-order valence-corrected chi connectivity index (χ1v) is 43.0. The van der Waals surface area contributed by atoms with Crippen LogP contribution in [0.4, 0.5) is 0 Å². The minimum absolute atomic E-state index is 0.774. The number of hydrogen-bond donors (Lipinski definition) is 0. The summed E-state index contributed by atoms with van der Waals surface area (Å²) in [6, 6.07) is 94.7. The lowest BCUT2D eigenvalue weighted by Crippen LogP contribution is -1.84. The molecule has 9 aromatic carbocycles. The third-order valence-electron chi connectivity index (χ3n) is 19.8. The van der Waals surface area contributed by atoms with Crippen molar-refractivity contribution in [3.8, 4) is 94.7 Å². The van der Waals surface area contributed by atoms with Crippen LogP contribution < -0.4 is 0 Å². The second kappa shape index (κ2) is 37.0. The van der Waals surface area contributed by atoms with Crippen LogP contribution >= 0.6 is 45.3 Å². The molecular formula is C112H66N8S4. The average Bonchev–Trinajstić information content (AvgIpc) is 1.62. The quantitative estimate of drug-likeness (QED) is 0.109. The Bertz CT molecular complexity index is 7690. The highest BCUT2D eigenvalue weighted by molar-refractivity contribution is 7.36. The Morgan fingerprint density at radius 1 is 0.185 bits per heavy atom. The van der Waals surface area contributed by atoms with Crippen LogP contribution in [0.25, 0.3) is 92.8 Å². The molecule has 0 bridgehead atoms. The van der Waals surface area contributed by atoms with E-state index in [1.165, 1.54) is 92.8 Å². The Morgan fingerprint density at radius 2 is 0.452 bits per heavy atom. The number of nitrogens with zero attached hydrogens (tertiary/aromatic N) is 8. The van der Waals surface area contributed by atoms with Gasteiger partial charge >= 0.3 is 0 Å². The molecule has 21 rings (SSSR count). The SMILES string of the molecule is C(#Cc1ccccn1)c1ccc2c(c1)sc1c3ccc(C#Cc4ccccn4)cc3sc21.C(#Cc1ccccn1)c1ccc2cc3cc(C#Cc4ccccn4)ccc3cc2c1.Cc1ccc(C#Cc2cc3cc4sc(C#Cc5ccc(C)cn5)cc4cc3s2)nc1.Cc1ccc(C#Cc2ccc3cc4cc(C#Cc5ccc(C)cn5)ccc4cc3c2)nc1. The molecule has 0 amide bonds. The molecule has 124 heavy (non-hydrogen) atoms. The van der Waals surface area contributed by atoms with E-state index < -0.39 is 0 Å². The Labute approximate surface area is 734 Å².